The summed E-state index contributed by atoms with van der Waals surface area (Å²) in [6.45, 7) is 1.96. The number of benzene rings is 1. The lowest BCUT2D eigenvalue weighted by Crippen LogP contribution is -2.26. The van der Waals surface area contributed by atoms with Gasteiger partial charge in [0.25, 0.3) is 0 Å². The van der Waals surface area contributed by atoms with Gasteiger partial charge in [0, 0.05) is 11.4 Å². The Morgan fingerprint density at radius 1 is 1.29 bits per heavy atom. The first-order valence-electron chi connectivity index (χ1n) is 6.36. The van der Waals surface area contributed by atoms with Gasteiger partial charge in [-0.3, -0.25) is 0 Å². The van der Waals surface area contributed by atoms with Crippen LogP contribution in [0.4, 0.5) is 0 Å². The average Bonchev–Trinajstić information content (AvgIpc) is 2.84. The highest BCUT2D eigenvalue weighted by molar-refractivity contribution is 7.89. The summed E-state index contributed by atoms with van der Waals surface area (Å²) >= 11 is 7.27. The molecule has 0 aliphatic rings. The van der Waals surface area contributed by atoms with Crippen LogP contribution in [0.5, 0.6) is 0 Å². The summed E-state index contributed by atoms with van der Waals surface area (Å²) in [7, 11) is -3.56. The Hall–Kier alpha value is -0.920. The highest BCUT2D eigenvalue weighted by atomic mass is 35.5. The van der Waals surface area contributed by atoms with Crippen LogP contribution in [0, 0.1) is 6.92 Å². The number of thiophene rings is 1. The van der Waals surface area contributed by atoms with Crippen LogP contribution in [-0.4, -0.2) is 20.1 Å². The molecule has 1 aromatic heterocycles. The predicted molar refractivity (Wildman–Crippen MR) is 85.3 cm³/mol. The Kier molecular flexibility index (Phi) is 5.40. The quantitative estimate of drug-likeness (QED) is 0.846. The van der Waals surface area contributed by atoms with Gasteiger partial charge in [0.15, 0.2) is 0 Å². The maximum Gasteiger partial charge on any atom is 0.240 e. The number of halogens is 1. The van der Waals surface area contributed by atoms with E-state index in [-0.39, 0.29) is 11.5 Å². The van der Waals surface area contributed by atoms with Gasteiger partial charge in [-0.15, -0.1) is 11.3 Å². The minimum Gasteiger partial charge on any atom is -0.392 e. The molecular formula is C14H16ClNO3S2. The molecule has 0 atom stereocenters. The monoisotopic (exact) mass is 345 g/mol. The summed E-state index contributed by atoms with van der Waals surface area (Å²) in [6.07, 6.45) is 0.593. The molecule has 0 unspecified atom stereocenters. The molecule has 4 nitrogen and oxygen atoms in total. The molecule has 1 aromatic carbocycles. The number of aliphatic hydroxyl groups excluding tert-OH is 1. The highest BCUT2D eigenvalue weighted by Gasteiger charge is 2.14. The molecule has 21 heavy (non-hydrogen) atoms. The van der Waals surface area contributed by atoms with Crippen molar-refractivity contribution in [3.63, 3.8) is 0 Å². The minimum absolute atomic E-state index is 0.168. The zero-order valence-corrected chi connectivity index (χ0v) is 13.9. The van der Waals surface area contributed by atoms with E-state index in [2.05, 4.69) is 4.72 Å². The van der Waals surface area contributed by atoms with Gasteiger partial charge in [-0.05, 0) is 48.7 Å². The maximum absolute atomic E-state index is 12.2. The van der Waals surface area contributed by atoms with Crippen LogP contribution in [0.3, 0.4) is 0 Å². The van der Waals surface area contributed by atoms with Crippen molar-refractivity contribution in [2.75, 3.05) is 6.54 Å². The van der Waals surface area contributed by atoms with Gasteiger partial charge in [-0.25, -0.2) is 13.1 Å². The van der Waals surface area contributed by atoms with Gasteiger partial charge in [-0.1, -0.05) is 17.7 Å². The molecule has 7 heteroatoms. The van der Waals surface area contributed by atoms with E-state index in [0.717, 1.165) is 10.4 Å². The molecule has 0 aliphatic heterocycles. The van der Waals surface area contributed by atoms with Gasteiger partial charge < -0.3 is 5.11 Å². The molecule has 0 radical (unpaired) electrons. The van der Waals surface area contributed by atoms with Crippen LogP contribution in [0.1, 0.15) is 16.0 Å². The van der Waals surface area contributed by atoms with Crippen LogP contribution in [0.2, 0.25) is 4.34 Å². The fraction of sp³-hybridized carbons (Fsp3) is 0.286. The number of aryl methyl sites for hydroxylation is 1. The van der Waals surface area contributed by atoms with E-state index in [4.69, 9.17) is 11.6 Å². The lowest BCUT2D eigenvalue weighted by Gasteiger charge is -2.09. The first-order chi connectivity index (χ1) is 9.92. The fourth-order valence-corrected chi connectivity index (χ4v) is 4.03. The van der Waals surface area contributed by atoms with E-state index in [1.807, 2.05) is 13.0 Å². The summed E-state index contributed by atoms with van der Waals surface area (Å²) in [5, 5.41) is 9.21. The van der Waals surface area contributed by atoms with Crippen LogP contribution in [0.25, 0.3) is 0 Å². The number of hydrogen-bond acceptors (Lipinski definition) is 4. The topological polar surface area (TPSA) is 66.4 Å². The first-order valence-corrected chi connectivity index (χ1v) is 9.04. The van der Waals surface area contributed by atoms with Crippen molar-refractivity contribution in [1.29, 1.82) is 0 Å². The van der Waals surface area contributed by atoms with Crippen LogP contribution < -0.4 is 4.72 Å². The highest BCUT2D eigenvalue weighted by Crippen LogP contribution is 2.21. The molecule has 2 aromatic rings. The Morgan fingerprint density at radius 2 is 2.05 bits per heavy atom. The fourth-order valence-electron chi connectivity index (χ4n) is 1.86. The SMILES string of the molecule is Cc1ccc(S(=O)(=O)NCCc2ccc(Cl)s2)cc1CO. The van der Waals surface area contributed by atoms with E-state index in [1.54, 1.807) is 18.2 Å². The van der Waals surface area contributed by atoms with Crippen LogP contribution in [-0.2, 0) is 23.1 Å². The second-order valence-corrected chi connectivity index (χ2v) is 8.17. The normalized spacial score (nSPS) is 11.8. The van der Waals surface area contributed by atoms with Crippen molar-refractivity contribution in [2.24, 2.45) is 0 Å². The third-order valence-electron chi connectivity index (χ3n) is 3.09. The van der Waals surface area contributed by atoms with Crippen molar-refractivity contribution in [3.8, 4) is 0 Å². The molecule has 0 saturated carbocycles. The van der Waals surface area contributed by atoms with Gasteiger partial charge in [0.2, 0.25) is 10.0 Å². The number of aliphatic hydroxyl groups is 1. The van der Waals surface area contributed by atoms with Gasteiger partial charge in [0.05, 0.1) is 15.8 Å². The maximum atomic E-state index is 12.2. The average molecular weight is 346 g/mol. The number of hydrogen-bond donors (Lipinski definition) is 2. The van der Waals surface area contributed by atoms with Gasteiger partial charge in [-0.2, -0.15) is 0 Å². The zero-order chi connectivity index (χ0) is 15.5. The molecule has 0 saturated heterocycles. The molecule has 0 spiro atoms. The van der Waals surface area contributed by atoms with Crippen molar-refractivity contribution < 1.29 is 13.5 Å². The standard InChI is InChI=1S/C14H16ClNO3S2/c1-10-2-4-13(8-11(10)9-17)21(18,19)16-7-6-12-3-5-14(15)20-12/h2-5,8,16-17H,6-7,9H2,1H3. The number of sulfonamides is 1. The van der Waals surface area contributed by atoms with E-state index in [0.29, 0.717) is 22.9 Å². The van der Waals surface area contributed by atoms with Crippen LogP contribution >= 0.6 is 22.9 Å². The molecular weight excluding hydrogens is 330 g/mol. The van der Waals surface area contributed by atoms with E-state index < -0.39 is 10.0 Å². The summed E-state index contributed by atoms with van der Waals surface area (Å²) in [6, 6.07) is 8.41. The minimum atomic E-state index is -3.56. The molecule has 0 aliphatic carbocycles. The number of rotatable bonds is 6. The summed E-state index contributed by atoms with van der Waals surface area (Å²) in [5.74, 6) is 0. The molecule has 0 fully saturated rings. The summed E-state index contributed by atoms with van der Waals surface area (Å²) in [5.41, 5.74) is 1.48. The Balaban J connectivity index is 2.04. The second-order valence-electron chi connectivity index (χ2n) is 4.60. The third-order valence-corrected chi connectivity index (χ3v) is 5.84. The Bertz CT molecular complexity index is 726. The lowest BCUT2D eigenvalue weighted by molar-refractivity contribution is 0.280. The summed E-state index contributed by atoms with van der Waals surface area (Å²) in [4.78, 5) is 1.20. The summed E-state index contributed by atoms with van der Waals surface area (Å²) < 4.78 is 27.6. The molecule has 2 N–H and O–H groups in total. The van der Waals surface area contributed by atoms with Crippen LogP contribution in [0.15, 0.2) is 35.2 Å². The largest absolute Gasteiger partial charge is 0.392 e. The van der Waals surface area contributed by atoms with E-state index in [9.17, 15) is 13.5 Å². The van der Waals surface area contributed by atoms with Crippen molar-refractivity contribution >= 4 is 33.0 Å². The lowest BCUT2D eigenvalue weighted by atomic mass is 10.1. The first kappa shape index (κ1) is 16.5. The Morgan fingerprint density at radius 3 is 2.67 bits per heavy atom. The molecule has 114 valence electrons. The second kappa shape index (κ2) is 6.89. The van der Waals surface area contributed by atoms with Crippen molar-refractivity contribution in [1.82, 2.24) is 4.72 Å². The van der Waals surface area contributed by atoms with E-state index in [1.165, 1.54) is 17.4 Å². The molecule has 1 heterocycles. The Labute approximate surface area is 133 Å². The predicted octanol–water partition coefficient (Wildman–Crippen LogP) is 2.72. The molecule has 0 bridgehead atoms. The van der Waals surface area contributed by atoms with Gasteiger partial charge >= 0.3 is 0 Å². The number of nitrogens with one attached hydrogen (secondary N) is 1. The van der Waals surface area contributed by atoms with E-state index >= 15 is 0 Å². The molecule has 0 amide bonds. The third kappa shape index (κ3) is 4.28. The smallest absolute Gasteiger partial charge is 0.240 e. The van der Waals surface area contributed by atoms with Gasteiger partial charge in [0.1, 0.15) is 0 Å². The van der Waals surface area contributed by atoms with Crippen molar-refractivity contribution in [3.05, 3.63) is 50.7 Å². The molecule has 2 rings (SSSR count). The van der Waals surface area contributed by atoms with Crippen molar-refractivity contribution in [2.45, 2.75) is 24.8 Å². The zero-order valence-electron chi connectivity index (χ0n) is 11.5.